The molecular formula is C21H26N2O6. The maximum Gasteiger partial charge on any atom is 0.249 e. The number of methoxy groups -OCH3 is 1. The summed E-state index contributed by atoms with van der Waals surface area (Å²) in [7, 11) is 1.46. The highest BCUT2D eigenvalue weighted by Crippen LogP contribution is 2.33. The summed E-state index contributed by atoms with van der Waals surface area (Å²) in [5.74, 6) is 1.60. The first kappa shape index (κ1) is 20.7. The van der Waals surface area contributed by atoms with E-state index in [-0.39, 0.29) is 37.8 Å². The highest BCUT2D eigenvalue weighted by Gasteiger charge is 2.25. The third kappa shape index (κ3) is 5.29. The molecule has 8 heteroatoms. The van der Waals surface area contributed by atoms with Gasteiger partial charge in [0.25, 0.3) is 0 Å². The monoisotopic (exact) mass is 402 g/mol. The quantitative estimate of drug-likeness (QED) is 0.641. The molecule has 2 heterocycles. The van der Waals surface area contributed by atoms with Gasteiger partial charge in [-0.1, -0.05) is 6.07 Å². The van der Waals surface area contributed by atoms with E-state index < -0.39 is 0 Å². The number of benzene rings is 1. The molecule has 3 rings (SSSR count). The number of rotatable bonds is 9. The molecule has 0 N–H and O–H groups in total. The zero-order valence-corrected chi connectivity index (χ0v) is 16.9. The van der Waals surface area contributed by atoms with E-state index in [1.165, 1.54) is 12.0 Å². The molecule has 0 saturated heterocycles. The van der Waals surface area contributed by atoms with Gasteiger partial charge in [-0.05, 0) is 43.7 Å². The molecule has 0 fully saturated rings. The van der Waals surface area contributed by atoms with Crippen LogP contribution in [0.4, 0.5) is 0 Å². The SMILES string of the molecule is COCC(=O)N(CC(=O)N(Cc1ccc2c(c1)OCO2)Cc1ccco1)C(C)C. The molecule has 29 heavy (non-hydrogen) atoms. The number of carbonyl (C=O) groups excluding carboxylic acids is 2. The van der Waals surface area contributed by atoms with Gasteiger partial charge in [-0.15, -0.1) is 0 Å². The largest absolute Gasteiger partial charge is 0.467 e. The molecule has 1 aromatic heterocycles. The van der Waals surface area contributed by atoms with Gasteiger partial charge in [-0.25, -0.2) is 0 Å². The van der Waals surface area contributed by atoms with Crippen molar-refractivity contribution < 1.29 is 28.2 Å². The van der Waals surface area contributed by atoms with Gasteiger partial charge in [0.05, 0.1) is 12.8 Å². The molecule has 0 unspecified atom stereocenters. The van der Waals surface area contributed by atoms with Crippen molar-refractivity contribution in [2.45, 2.75) is 33.0 Å². The Bertz CT molecular complexity index is 834. The Labute approximate surface area is 169 Å². The van der Waals surface area contributed by atoms with Gasteiger partial charge in [0.2, 0.25) is 18.6 Å². The summed E-state index contributed by atoms with van der Waals surface area (Å²) in [6.07, 6.45) is 1.57. The molecule has 156 valence electrons. The number of hydrogen-bond donors (Lipinski definition) is 0. The van der Waals surface area contributed by atoms with Crippen molar-refractivity contribution in [3.05, 3.63) is 47.9 Å². The number of amides is 2. The molecule has 1 aliphatic rings. The Morgan fingerprint density at radius 2 is 1.90 bits per heavy atom. The fourth-order valence-corrected chi connectivity index (χ4v) is 3.09. The molecule has 0 spiro atoms. The van der Waals surface area contributed by atoms with Crippen molar-refractivity contribution in [2.24, 2.45) is 0 Å². The van der Waals surface area contributed by atoms with Crippen LogP contribution in [0, 0.1) is 0 Å². The summed E-state index contributed by atoms with van der Waals surface area (Å²) in [6, 6.07) is 9.05. The molecule has 1 aliphatic heterocycles. The fraction of sp³-hybridized carbons (Fsp3) is 0.429. The van der Waals surface area contributed by atoms with Gasteiger partial charge in [0.15, 0.2) is 11.5 Å². The summed E-state index contributed by atoms with van der Waals surface area (Å²) in [4.78, 5) is 28.6. The van der Waals surface area contributed by atoms with E-state index in [1.807, 2.05) is 38.1 Å². The summed E-state index contributed by atoms with van der Waals surface area (Å²) in [5.41, 5.74) is 0.897. The first-order valence-corrected chi connectivity index (χ1v) is 9.45. The molecule has 1 aromatic carbocycles. The maximum absolute atomic E-state index is 13.1. The molecule has 0 bridgehead atoms. The third-order valence-corrected chi connectivity index (χ3v) is 4.61. The molecule has 2 aromatic rings. The lowest BCUT2D eigenvalue weighted by atomic mass is 10.1. The van der Waals surface area contributed by atoms with Crippen molar-refractivity contribution >= 4 is 11.8 Å². The average Bonchev–Trinajstić information content (AvgIpc) is 3.36. The first-order chi connectivity index (χ1) is 14.0. The van der Waals surface area contributed by atoms with Crippen LogP contribution in [-0.4, -0.2) is 54.7 Å². The number of carbonyl (C=O) groups is 2. The van der Waals surface area contributed by atoms with E-state index in [2.05, 4.69) is 0 Å². The Kier molecular flexibility index (Phi) is 6.77. The summed E-state index contributed by atoms with van der Waals surface area (Å²) < 4.78 is 21.1. The van der Waals surface area contributed by atoms with Crippen molar-refractivity contribution in [3.8, 4) is 11.5 Å². The number of ether oxygens (including phenoxy) is 3. The highest BCUT2D eigenvalue weighted by atomic mass is 16.7. The van der Waals surface area contributed by atoms with Crippen LogP contribution in [0.25, 0.3) is 0 Å². The van der Waals surface area contributed by atoms with Gasteiger partial charge in [0.1, 0.15) is 18.9 Å². The second kappa shape index (κ2) is 9.47. The Morgan fingerprint density at radius 3 is 2.59 bits per heavy atom. The zero-order valence-electron chi connectivity index (χ0n) is 16.9. The molecule has 8 nitrogen and oxygen atoms in total. The van der Waals surface area contributed by atoms with Gasteiger partial charge < -0.3 is 28.4 Å². The van der Waals surface area contributed by atoms with E-state index in [0.29, 0.717) is 30.3 Å². The van der Waals surface area contributed by atoms with Gasteiger partial charge >= 0.3 is 0 Å². The number of hydrogen-bond acceptors (Lipinski definition) is 6. The fourth-order valence-electron chi connectivity index (χ4n) is 3.09. The van der Waals surface area contributed by atoms with Crippen LogP contribution in [0.1, 0.15) is 25.2 Å². The Balaban J connectivity index is 1.76. The van der Waals surface area contributed by atoms with Gasteiger partial charge in [-0.2, -0.15) is 0 Å². The van der Waals surface area contributed by atoms with Gasteiger partial charge in [-0.3, -0.25) is 9.59 Å². The van der Waals surface area contributed by atoms with Crippen LogP contribution in [-0.2, 0) is 27.4 Å². The lowest BCUT2D eigenvalue weighted by Gasteiger charge is -2.29. The minimum Gasteiger partial charge on any atom is -0.467 e. The minimum atomic E-state index is -0.225. The predicted octanol–water partition coefficient (Wildman–Crippen LogP) is 2.42. The van der Waals surface area contributed by atoms with Crippen LogP contribution in [0.2, 0.25) is 0 Å². The van der Waals surface area contributed by atoms with E-state index in [4.69, 9.17) is 18.6 Å². The topological polar surface area (TPSA) is 81.5 Å². The Morgan fingerprint density at radius 1 is 1.10 bits per heavy atom. The summed E-state index contributed by atoms with van der Waals surface area (Å²) in [5, 5.41) is 0. The second-order valence-electron chi connectivity index (χ2n) is 7.07. The van der Waals surface area contributed by atoms with Crippen LogP contribution >= 0.6 is 0 Å². The molecule has 2 amide bonds. The standard InChI is InChI=1S/C21H26N2O6/c1-15(2)23(21(25)13-26-3)12-20(24)22(11-17-5-4-8-27-17)10-16-6-7-18-19(9-16)29-14-28-18/h4-9,15H,10-14H2,1-3H3. The van der Waals surface area contributed by atoms with Crippen LogP contribution in [0.15, 0.2) is 41.0 Å². The number of nitrogens with zero attached hydrogens (tertiary/aromatic N) is 2. The van der Waals surface area contributed by atoms with Crippen molar-refractivity contribution in [1.82, 2.24) is 9.80 Å². The number of furan rings is 1. The molecule has 0 saturated carbocycles. The Hall–Kier alpha value is -3.00. The second-order valence-corrected chi connectivity index (χ2v) is 7.07. The molecule has 0 aliphatic carbocycles. The van der Waals surface area contributed by atoms with E-state index in [1.54, 1.807) is 17.2 Å². The van der Waals surface area contributed by atoms with Crippen LogP contribution in [0.3, 0.4) is 0 Å². The van der Waals surface area contributed by atoms with Crippen molar-refractivity contribution in [1.29, 1.82) is 0 Å². The maximum atomic E-state index is 13.1. The summed E-state index contributed by atoms with van der Waals surface area (Å²) in [6.45, 7) is 4.48. The lowest BCUT2D eigenvalue weighted by molar-refractivity contribution is -0.145. The molecular weight excluding hydrogens is 376 g/mol. The average molecular weight is 402 g/mol. The smallest absolute Gasteiger partial charge is 0.249 e. The van der Waals surface area contributed by atoms with Crippen LogP contribution < -0.4 is 9.47 Å². The van der Waals surface area contributed by atoms with Gasteiger partial charge in [0, 0.05) is 19.7 Å². The molecule has 0 radical (unpaired) electrons. The van der Waals surface area contributed by atoms with Crippen molar-refractivity contribution in [2.75, 3.05) is 27.1 Å². The van der Waals surface area contributed by atoms with E-state index >= 15 is 0 Å². The van der Waals surface area contributed by atoms with Crippen LogP contribution in [0.5, 0.6) is 11.5 Å². The van der Waals surface area contributed by atoms with E-state index in [0.717, 1.165) is 5.56 Å². The predicted molar refractivity (Wildman–Crippen MR) is 104 cm³/mol. The highest BCUT2D eigenvalue weighted by molar-refractivity contribution is 5.85. The zero-order chi connectivity index (χ0) is 20.8. The number of fused-ring (bicyclic) bond motifs is 1. The van der Waals surface area contributed by atoms with Crippen molar-refractivity contribution in [3.63, 3.8) is 0 Å². The minimum absolute atomic E-state index is 0.0366. The summed E-state index contributed by atoms with van der Waals surface area (Å²) >= 11 is 0. The van der Waals surface area contributed by atoms with E-state index in [9.17, 15) is 9.59 Å². The first-order valence-electron chi connectivity index (χ1n) is 9.45. The lowest BCUT2D eigenvalue weighted by Crippen LogP contribution is -2.46. The third-order valence-electron chi connectivity index (χ3n) is 4.61. The normalized spacial score (nSPS) is 12.3. The molecule has 0 atom stereocenters.